The number of carboxylic acid groups (broad SMARTS) is 2. The molecule has 0 saturated heterocycles. The lowest BCUT2D eigenvalue weighted by Crippen LogP contribution is -2.46. The molecular formula is C25H32N6O6. The van der Waals surface area contributed by atoms with Crippen molar-refractivity contribution >= 4 is 35.9 Å². The molecular weight excluding hydrogens is 480 g/mol. The normalized spacial score (nSPS) is 11.5. The van der Waals surface area contributed by atoms with Gasteiger partial charge in [0.25, 0.3) is 5.91 Å². The third-order valence-corrected chi connectivity index (χ3v) is 5.17. The monoisotopic (exact) mass is 512 g/mol. The molecule has 0 radical (unpaired) electrons. The number of anilines is 1. The van der Waals surface area contributed by atoms with Gasteiger partial charge in [-0.15, -0.1) is 0 Å². The summed E-state index contributed by atoms with van der Waals surface area (Å²) in [4.78, 5) is 49.9. The van der Waals surface area contributed by atoms with E-state index in [1.165, 1.54) is 11.8 Å². The Morgan fingerprint density at radius 1 is 0.973 bits per heavy atom. The van der Waals surface area contributed by atoms with Gasteiger partial charge in [-0.1, -0.05) is 29.8 Å². The Hall–Kier alpha value is -4.48. The molecule has 198 valence electrons. The van der Waals surface area contributed by atoms with Crippen LogP contribution in [0.5, 0.6) is 0 Å². The number of carbonyl (C=O) groups is 4. The number of benzene rings is 1. The van der Waals surface area contributed by atoms with E-state index >= 15 is 0 Å². The molecule has 3 amide bonds. The van der Waals surface area contributed by atoms with E-state index in [0.717, 1.165) is 12.0 Å². The van der Waals surface area contributed by atoms with Crippen LogP contribution in [0, 0.1) is 6.92 Å². The van der Waals surface area contributed by atoms with E-state index < -0.39 is 24.0 Å². The maximum Gasteiger partial charge on any atom is 0.326 e. The zero-order valence-electron chi connectivity index (χ0n) is 20.6. The highest BCUT2D eigenvalue weighted by Crippen LogP contribution is 2.06. The molecule has 0 aliphatic carbocycles. The number of nitrogens with one attached hydrogen (secondary N) is 4. The Morgan fingerprint density at radius 3 is 2.30 bits per heavy atom. The van der Waals surface area contributed by atoms with Crippen molar-refractivity contribution in [3.63, 3.8) is 0 Å². The molecule has 1 heterocycles. The van der Waals surface area contributed by atoms with E-state index in [-0.39, 0.29) is 18.7 Å². The Bertz CT molecular complexity index is 1070. The minimum Gasteiger partial charge on any atom is -0.481 e. The molecule has 1 atom stereocenters. The fraction of sp³-hybridized carbons (Fsp3) is 0.360. The van der Waals surface area contributed by atoms with E-state index in [4.69, 9.17) is 10.2 Å². The topological polar surface area (TPSA) is 182 Å². The number of hydrazone groups is 1. The van der Waals surface area contributed by atoms with Crippen LogP contribution in [0.15, 0.2) is 47.7 Å². The molecule has 2 aromatic rings. The maximum absolute atomic E-state index is 12.3. The van der Waals surface area contributed by atoms with Gasteiger partial charge in [0.05, 0.1) is 11.8 Å². The van der Waals surface area contributed by atoms with Crippen LogP contribution >= 0.6 is 0 Å². The predicted molar refractivity (Wildman–Crippen MR) is 138 cm³/mol. The first-order valence-electron chi connectivity index (χ1n) is 11.8. The summed E-state index contributed by atoms with van der Waals surface area (Å²) in [5.41, 5.74) is 5.36. The SMILES string of the molecule is Cc1ccc(/C=N/Nc2ccc(C(=O)NCCCCCNC(=O)NC(CCC(=O)O)C(=O)O)cn2)cc1. The number of carboxylic acids is 2. The minimum atomic E-state index is -1.29. The smallest absolute Gasteiger partial charge is 0.326 e. The van der Waals surface area contributed by atoms with Crippen LogP contribution in [0.25, 0.3) is 0 Å². The number of unbranched alkanes of at least 4 members (excludes halogenated alkanes) is 2. The second kappa shape index (κ2) is 15.5. The van der Waals surface area contributed by atoms with Gasteiger partial charge >= 0.3 is 18.0 Å². The fourth-order valence-electron chi connectivity index (χ4n) is 3.09. The van der Waals surface area contributed by atoms with Crippen LogP contribution < -0.4 is 21.4 Å². The summed E-state index contributed by atoms with van der Waals surface area (Å²) < 4.78 is 0. The molecule has 0 bridgehead atoms. The molecule has 0 saturated carbocycles. The van der Waals surface area contributed by atoms with E-state index in [1.54, 1.807) is 18.3 Å². The lowest BCUT2D eigenvalue weighted by atomic mass is 10.1. The average molecular weight is 513 g/mol. The second-order valence-electron chi connectivity index (χ2n) is 8.25. The molecule has 12 heteroatoms. The van der Waals surface area contributed by atoms with Crippen molar-refractivity contribution in [3.05, 3.63) is 59.3 Å². The van der Waals surface area contributed by atoms with Crippen LogP contribution in [0.2, 0.25) is 0 Å². The van der Waals surface area contributed by atoms with Gasteiger partial charge < -0.3 is 26.2 Å². The number of carbonyl (C=O) groups excluding carboxylic acids is 2. The highest BCUT2D eigenvalue weighted by Gasteiger charge is 2.20. The predicted octanol–water partition coefficient (Wildman–Crippen LogP) is 2.35. The Labute approximate surface area is 214 Å². The molecule has 0 spiro atoms. The van der Waals surface area contributed by atoms with Crippen molar-refractivity contribution in [3.8, 4) is 0 Å². The van der Waals surface area contributed by atoms with E-state index in [2.05, 4.69) is 31.5 Å². The van der Waals surface area contributed by atoms with E-state index in [1.807, 2.05) is 31.2 Å². The summed E-state index contributed by atoms with van der Waals surface area (Å²) in [6.07, 6.45) is 4.62. The number of aliphatic carboxylic acids is 2. The number of amides is 3. The third kappa shape index (κ3) is 11.7. The maximum atomic E-state index is 12.3. The van der Waals surface area contributed by atoms with Crippen LogP contribution in [-0.2, 0) is 9.59 Å². The van der Waals surface area contributed by atoms with Crippen LogP contribution in [0.1, 0.15) is 53.6 Å². The number of rotatable bonds is 15. The fourth-order valence-corrected chi connectivity index (χ4v) is 3.09. The molecule has 37 heavy (non-hydrogen) atoms. The third-order valence-electron chi connectivity index (χ3n) is 5.17. The van der Waals surface area contributed by atoms with Crippen molar-refractivity contribution in [1.29, 1.82) is 0 Å². The number of urea groups is 1. The largest absolute Gasteiger partial charge is 0.481 e. The molecule has 6 N–H and O–H groups in total. The summed E-state index contributed by atoms with van der Waals surface area (Å²) in [7, 11) is 0. The molecule has 12 nitrogen and oxygen atoms in total. The standard InChI is InChI=1S/C25H32N6O6/c1-17-5-7-18(8-6-17)15-29-31-21-11-9-19(16-28-21)23(34)26-13-3-2-4-14-27-25(37)30-20(24(35)36)10-12-22(32)33/h5-9,11,15-16,20H,2-4,10,12-14H2,1H3,(H,26,34)(H,28,31)(H,32,33)(H,35,36)(H2,27,30,37)/b29-15+. The summed E-state index contributed by atoms with van der Waals surface area (Å²) in [5, 5.41) is 29.4. The zero-order chi connectivity index (χ0) is 27.0. The van der Waals surface area contributed by atoms with Crippen LogP contribution in [0.3, 0.4) is 0 Å². The Kier molecular flexibility index (Phi) is 12.0. The number of hydrogen-bond acceptors (Lipinski definition) is 7. The van der Waals surface area contributed by atoms with Gasteiger partial charge in [0.1, 0.15) is 11.9 Å². The van der Waals surface area contributed by atoms with Gasteiger partial charge in [-0.3, -0.25) is 15.0 Å². The first kappa shape index (κ1) is 28.8. The molecule has 1 aromatic heterocycles. The van der Waals surface area contributed by atoms with Gasteiger partial charge in [-0.05, 0) is 50.3 Å². The summed E-state index contributed by atoms with van der Waals surface area (Å²) >= 11 is 0. The van der Waals surface area contributed by atoms with Gasteiger partial charge in [-0.2, -0.15) is 5.10 Å². The number of aryl methyl sites for hydroxylation is 1. The van der Waals surface area contributed by atoms with Gasteiger partial charge in [0, 0.05) is 25.7 Å². The highest BCUT2D eigenvalue weighted by atomic mass is 16.4. The molecule has 2 rings (SSSR count). The lowest BCUT2D eigenvalue weighted by molar-refractivity contribution is -0.140. The molecule has 0 aliphatic heterocycles. The molecule has 0 fully saturated rings. The Morgan fingerprint density at radius 2 is 1.68 bits per heavy atom. The van der Waals surface area contributed by atoms with Crippen LogP contribution in [-0.4, -0.2) is 64.4 Å². The number of nitrogens with zero attached hydrogens (tertiary/aromatic N) is 2. The average Bonchev–Trinajstić information content (AvgIpc) is 2.87. The highest BCUT2D eigenvalue weighted by molar-refractivity contribution is 5.94. The van der Waals surface area contributed by atoms with Crippen molar-refractivity contribution in [2.75, 3.05) is 18.5 Å². The van der Waals surface area contributed by atoms with Crippen molar-refractivity contribution < 1.29 is 29.4 Å². The summed E-state index contributed by atoms with van der Waals surface area (Å²) in [5.74, 6) is -2.17. The molecule has 0 aliphatic rings. The molecule has 1 unspecified atom stereocenters. The minimum absolute atomic E-state index is 0.200. The second-order valence-corrected chi connectivity index (χ2v) is 8.25. The first-order chi connectivity index (χ1) is 17.7. The Balaban J connectivity index is 1.59. The first-order valence-corrected chi connectivity index (χ1v) is 11.8. The van der Waals surface area contributed by atoms with Gasteiger partial charge in [0.15, 0.2) is 0 Å². The van der Waals surface area contributed by atoms with Gasteiger partial charge in [0.2, 0.25) is 0 Å². The lowest BCUT2D eigenvalue weighted by Gasteiger charge is -2.14. The zero-order valence-corrected chi connectivity index (χ0v) is 20.6. The van der Waals surface area contributed by atoms with E-state index in [0.29, 0.717) is 37.3 Å². The summed E-state index contributed by atoms with van der Waals surface area (Å²) in [6.45, 7) is 2.77. The number of hydrogen-bond donors (Lipinski definition) is 6. The summed E-state index contributed by atoms with van der Waals surface area (Å²) in [6, 6.07) is 9.28. The van der Waals surface area contributed by atoms with Crippen molar-refractivity contribution in [2.45, 2.75) is 45.1 Å². The van der Waals surface area contributed by atoms with E-state index in [9.17, 15) is 19.2 Å². The molecule has 1 aromatic carbocycles. The quantitative estimate of drug-likeness (QED) is 0.119. The number of aromatic nitrogens is 1. The number of pyridine rings is 1. The van der Waals surface area contributed by atoms with Crippen molar-refractivity contribution in [2.24, 2.45) is 5.10 Å². The van der Waals surface area contributed by atoms with Crippen LogP contribution in [0.4, 0.5) is 10.6 Å². The van der Waals surface area contributed by atoms with Gasteiger partial charge in [-0.25, -0.2) is 14.6 Å². The van der Waals surface area contributed by atoms with Crippen molar-refractivity contribution in [1.82, 2.24) is 20.9 Å².